The molecule has 0 heterocycles. The predicted octanol–water partition coefficient (Wildman–Crippen LogP) is 3.90. The average molecular weight is 356 g/mol. The van der Waals surface area contributed by atoms with Crippen LogP contribution in [0.25, 0.3) is 0 Å². The van der Waals surface area contributed by atoms with Gasteiger partial charge in [-0.3, -0.25) is 4.79 Å². The lowest BCUT2D eigenvalue weighted by atomic mass is 10.0. The molecule has 2 aromatic rings. The van der Waals surface area contributed by atoms with Crippen molar-refractivity contribution in [3.63, 3.8) is 0 Å². The van der Waals surface area contributed by atoms with Crippen molar-refractivity contribution in [3.8, 4) is 5.75 Å². The second-order valence-corrected chi connectivity index (χ2v) is 5.54. The van der Waals surface area contributed by atoms with Crippen molar-refractivity contribution in [2.45, 2.75) is 26.3 Å². The highest BCUT2D eigenvalue weighted by atomic mass is 16.5. The maximum Gasteiger partial charge on any atom is 0.407 e. The molecule has 6 heteroatoms. The highest BCUT2D eigenvalue weighted by molar-refractivity contribution is 5.91. The second-order valence-electron chi connectivity index (χ2n) is 5.54. The minimum Gasteiger partial charge on any atom is -0.494 e. The summed E-state index contributed by atoms with van der Waals surface area (Å²) in [5.74, 6) is 0.538. The predicted molar refractivity (Wildman–Crippen MR) is 100 cm³/mol. The SMILES string of the molecule is CCOC(=O)N[C@@H](CC(=O)Nc1ccc(OCC)cc1)c1ccccc1. The van der Waals surface area contributed by atoms with Gasteiger partial charge in [-0.05, 0) is 43.7 Å². The standard InChI is InChI=1S/C20H24N2O4/c1-3-25-17-12-10-16(11-13-17)21-19(23)14-18(22-20(24)26-4-2)15-8-6-5-7-9-15/h5-13,18H,3-4,14H2,1-2H3,(H,21,23)(H,22,24)/t18-/m0/s1. The van der Waals surface area contributed by atoms with Crippen LogP contribution in [0.1, 0.15) is 31.9 Å². The van der Waals surface area contributed by atoms with Crippen LogP contribution in [0.4, 0.5) is 10.5 Å². The van der Waals surface area contributed by atoms with E-state index in [-0.39, 0.29) is 18.9 Å². The molecular formula is C20H24N2O4. The number of carbonyl (C=O) groups excluding carboxylic acids is 2. The Morgan fingerprint density at radius 1 is 0.962 bits per heavy atom. The average Bonchev–Trinajstić information content (AvgIpc) is 2.64. The van der Waals surface area contributed by atoms with Crippen LogP contribution in [0.5, 0.6) is 5.75 Å². The highest BCUT2D eigenvalue weighted by Crippen LogP contribution is 2.19. The molecule has 0 aliphatic heterocycles. The molecule has 0 aliphatic rings. The number of benzene rings is 2. The molecular weight excluding hydrogens is 332 g/mol. The largest absolute Gasteiger partial charge is 0.494 e. The van der Waals surface area contributed by atoms with Gasteiger partial charge in [0.1, 0.15) is 5.75 Å². The van der Waals surface area contributed by atoms with Gasteiger partial charge in [-0.15, -0.1) is 0 Å². The van der Waals surface area contributed by atoms with Crippen molar-refractivity contribution >= 4 is 17.7 Å². The van der Waals surface area contributed by atoms with Gasteiger partial charge in [0, 0.05) is 5.69 Å². The van der Waals surface area contributed by atoms with E-state index in [2.05, 4.69) is 10.6 Å². The molecule has 2 N–H and O–H groups in total. The number of nitrogens with one attached hydrogen (secondary N) is 2. The number of hydrogen-bond acceptors (Lipinski definition) is 4. The molecule has 0 aliphatic carbocycles. The first-order valence-corrected chi connectivity index (χ1v) is 8.63. The third-order valence-corrected chi connectivity index (χ3v) is 3.61. The minimum atomic E-state index is -0.546. The molecule has 138 valence electrons. The maximum atomic E-state index is 12.4. The number of carbonyl (C=O) groups is 2. The van der Waals surface area contributed by atoms with Crippen LogP contribution >= 0.6 is 0 Å². The topological polar surface area (TPSA) is 76.7 Å². The molecule has 0 bridgehead atoms. The summed E-state index contributed by atoms with van der Waals surface area (Å²) >= 11 is 0. The lowest BCUT2D eigenvalue weighted by Crippen LogP contribution is -2.32. The number of hydrogen-bond donors (Lipinski definition) is 2. The molecule has 26 heavy (non-hydrogen) atoms. The maximum absolute atomic E-state index is 12.4. The van der Waals surface area contributed by atoms with E-state index in [1.54, 1.807) is 31.2 Å². The Labute approximate surface area is 153 Å². The fourth-order valence-electron chi connectivity index (χ4n) is 2.45. The summed E-state index contributed by atoms with van der Waals surface area (Å²) in [5, 5.41) is 5.56. The Kier molecular flexibility index (Phi) is 7.49. The smallest absolute Gasteiger partial charge is 0.407 e. The van der Waals surface area contributed by atoms with Crippen molar-refractivity contribution in [3.05, 3.63) is 60.2 Å². The van der Waals surface area contributed by atoms with Crippen molar-refractivity contribution in [1.82, 2.24) is 5.32 Å². The molecule has 0 saturated heterocycles. The van der Waals surface area contributed by atoms with E-state index in [1.807, 2.05) is 37.3 Å². The number of ether oxygens (including phenoxy) is 2. The van der Waals surface area contributed by atoms with E-state index >= 15 is 0 Å². The first-order valence-electron chi connectivity index (χ1n) is 8.63. The van der Waals surface area contributed by atoms with Crippen LogP contribution in [0.3, 0.4) is 0 Å². The molecule has 0 fully saturated rings. The van der Waals surface area contributed by atoms with Crippen LogP contribution in [-0.2, 0) is 9.53 Å². The first kappa shape index (κ1) is 19.3. The summed E-state index contributed by atoms with van der Waals surface area (Å²) in [6.07, 6.45) is -0.453. The van der Waals surface area contributed by atoms with E-state index in [0.717, 1.165) is 11.3 Å². The lowest BCUT2D eigenvalue weighted by molar-refractivity contribution is -0.116. The third kappa shape index (κ3) is 6.12. The van der Waals surface area contributed by atoms with Gasteiger partial charge in [0.15, 0.2) is 0 Å². The summed E-state index contributed by atoms with van der Waals surface area (Å²) in [7, 11) is 0. The molecule has 0 aromatic heterocycles. The normalized spacial score (nSPS) is 11.3. The third-order valence-electron chi connectivity index (χ3n) is 3.61. The molecule has 6 nitrogen and oxygen atoms in total. The number of anilines is 1. The van der Waals surface area contributed by atoms with Crippen LogP contribution in [-0.4, -0.2) is 25.2 Å². The Morgan fingerprint density at radius 3 is 2.27 bits per heavy atom. The van der Waals surface area contributed by atoms with Crippen molar-refractivity contribution < 1.29 is 19.1 Å². The van der Waals surface area contributed by atoms with Crippen LogP contribution in [0.15, 0.2) is 54.6 Å². The summed E-state index contributed by atoms with van der Waals surface area (Å²) in [4.78, 5) is 24.2. The van der Waals surface area contributed by atoms with Gasteiger partial charge in [0.05, 0.1) is 25.7 Å². The zero-order valence-electron chi connectivity index (χ0n) is 15.0. The van der Waals surface area contributed by atoms with Gasteiger partial charge in [0.25, 0.3) is 0 Å². The van der Waals surface area contributed by atoms with Crippen LogP contribution < -0.4 is 15.4 Å². The Bertz CT molecular complexity index is 702. The van der Waals surface area contributed by atoms with Crippen LogP contribution in [0, 0.1) is 0 Å². The van der Waals surface area contributed by atoms with E-state index in [4.69, 9.17) is 9.47 Å². The van der Waals surface area contributed by atoms with Gasteiger partial charge in [-0.25, -0.2) is 4.79 Å². The Balaban J connectivity index is 2.02. The first-order chi connectivity index (χ1) is 12.6. The number of alkyl carbamates (subject to hydrolysis) is 1. The molecule has 0 radical (unpaired) electrons. The quantitative estimate of drug-likeness (QED) is 0.752. The van der Waals surface area contributed by atoms with E-state index in [0.29, 0.717) is 12.3 Å². The van der Waals surface area contributed by atoms with Crippen molar-refractivity contribution in [2.24, 2.45) is 0 Å². The van der Waals surface area contributed by atoms with E-state index in [1.165, 1.54) is 0 Å². The molecule has 0 saturated carbocycles. The number of amides is 2. The van der Waals surface area contributed by atoms with Crippen molar-refractivity contribution in [2.75, 3.05) is 18.5 Å². The van der Waals surface area contributed by atoms with Gasteiger partial charge >= 0.3 is 6.09 Å². The van der Waals surface area contributed by atoms with Crippen LogP contribution in [0.2, 0.25) is 0 Å². The molecule has 2 rings (SSSR count). The minimum absolute atomic E-state index is 0.0933. The fraction of sp³-hybridized carbons (Fsp3) is 0.300. The highest BCUT2D eigenvalue weighted by Gasteiger charge is 2.19. The summed E-state index contributed by atoms with van der Waals surface area (Å²) in [6.45, 7) is 4.50. The fourth-order valence-corrected chi connectivity index (χ4v) is 2.45. The Morgan fingerprint density at radius 2 is 1.65 bits per heavy atom. The molecule has 1 atom stereocenters. The number of rotatable bonds is 8. The van der Waals surface area contributed by atoms with E-state index < -0.39 is 12.1 Å². The molecule has 0 spiro atoms. The summed E-state index contributed by atoms with van der Waals surface area (Å²) in [5.41, 5.74) is 1.50. The monoisotopic (exact) mass is 356 g/mol. The van der Waals surface area contributed by atoms with Gasteiger partial charge in [-0.2, -0.15) is 0 Å². The lowest BCUT2D eigenvalue weighted by Gasteiger charge is -2.18. The van der Waals surface area contributed by atoms with Gasteiger partial charge < -0.3 is 20.1 Å². The van der Waals surface area contributed by atoms with Gasteiger partial charge in [-0.1, -0.05) is 30.3 Å². The summed E-state index contributed by atoms with van der Waals surface area (Å²) < 4.78 is 10.3. The van der Waals surface area contributed by atoms with E-state index in [9.17, 15) is 9.59 Å². The second kappa shape index (κ2) is 10.1. The Hall–Kier alpha value is -3.02. The zero-order chi connectivity index (χ0) is 18.8. The molecule has 2 amide bonds. The summed E-state index contributed by atoms with van der Waals surface area (Å²) in [6, 6.07) is 16.0. The zero-order valence-corrected chi connectivity index (χ0v) is 15.0. The molecule has 0 unspecified atom stereocenters. The molecule has 2 aromatic carbocycles. The van der Waals surface area contributed by atoms with Gasteiger partial charge in [0.2, 0.25) is 5.91 Å². The van der Waals surface area contributed by atoms with Crippen molar-refractivity contribution in [1.29, 1.82) is 0 Å².